The van der Waals surface area contributed by atoms with Crippen molar-refractivity contribution in [3.63, 3.8) is 0 Å². The molecular formula is C14H26O4. The minimum atomic E-state index is -1.26. The summed E-state index contributed by atoms with van der Waals surface area (Å²) in [7, 11) is 0. The maximum absolute atomic E-state index is 9.55. The number of aliphatic carboxylic acids is 2. The van der Waals surface area contributed by atoms with E-state index in [0.717, 1.165) is 0 Å². The Morgan fingerprint density at radius 3 is 1.22 bits per heavy atom. The Morgan fingerprint density at radius 2 is 1.00 bits per heavy atom. The molecule has 0 aliphatic rings. The highest BCUT2D eigenvalue weighted by molar-refractivity contribution is 5.89. The number of rotatable bonds is 9. The summed E-state index contributed by atoms with van der Waals surface area (Å²) in [6.45, 7) is 4.54. The molecule has 18 heavy (non-hydrogen) atoms. The zero-order valence-corrected chi connectivity index (χ0v) is 11.5. The summed E-state index contributed by atoms with van der Waals surface area (Å²) in [5.41, 5.74) is 0. The Hall–Kier alpha value is -1.32. The number of carboxylic acid groups (broad SMARTS) is 2. The summed E-state index contributed by atoms with van der Waals surface area (Å²) in [5.74, 6) is -2.51. The third-order valence-electron chi connectivity index (χ3n) is 2.33. The van der Waals surface area contributed by atoms with Crippen LogP contribution in [-0.2, 0) is 9.59 Å². The average molecular weight is 258 g/mol. The van der Waals surface area contributed by atoms with E-state index in [2.05, 4.69) is 13.8 Å². The van der Waals surface area contributed by atoms with Gasteiger partial charge < -0.3 is 10.2 Å². The molecule has 0 bridgehead atoms. The molecule has 0 amide bonds. The van der Waals surface area contributed by atoms with Crippen LogP contribution in [0.2, 0.25) is 0 Å². The summed E-state index contributed by atoms with van der Waals surface area (Å²) < 4.78 is 0. The zero-order chi connectivity index (χ0) is 14.2. The first kappa shape index (κ1) is 19.0. The summed E-state index contributed by atoms with van der Waals surface area (Å²) in [6.07, 6.45) is 12.6. The van der Waals surface area contributed by atoms with Crippen LogP contribution in [-0.4, -0.2) is 22.2 Å². The Bertz CT molecular complexity index is 210. The van der Waals surface area contributed by atoms with E-state index < -0.39 is 11.9 Å². The van der Waals surface area contributed by atoms with Gasteiger partial charge in [0.1, 0.15) is 0 Å². The van der Waals surface area contributed by atoms with E-state index in [1.54, 1.807) is 0 Å². The molecule has 0 aromatic heterocycles. The van der Waals surface area contributed by atoms with Crippen LogP contribution in [0.25, 0.3) is 0 Å². The normalized spacial score (nSPS) is 9.89. The monoisotopic (exact) mass is 258 g/mol. The van der Waals surface area contributed by atoms with E-state index >= 15 is 0 Å². The first-order chi connectivity index (χ1) is 8.54. The van der Waals surface area contributed by atoms with E-state index in [0.29, 0.717) is 12.2 Å². The molecule has 0 saturated heterocycles. The van der Waals surface area contributed by atoms with Gasteiger partial charge in [-0.1, -0.05) is 65.2 Å². The van der Waals surface area contributed by atoms with Gasteiger partial charge in [-0.25, -0.2) is 9.59 Å². The van der Waals surface area contributed by atoms with Gasteiger partial charge in [-0.05, 0) is 0 Å². The molecule has 4 heteroatoms. The van der Waals surface area contributed by atoms with Crippen molar-refractivity contribution < 1.29 is 19.8 Å². The van der Waals surface area contributed by atoms with E-state index in [1.165, 1.54) is 51.4 Å². The number of hydrogen-bond acceptors (Lipinski definition) is 2. The minimum absolute atomic E-state index is 0.558. The van der Waals surface area contributed by atoms with Crippen LogP contribution in [0.4, 0.5) is 0 Å². The van der Waals surface area contributed by atoms with Crippen LogP contribution in [0.15, 0.2) is 12.2 Å². The SMILES string of the molecule is CCCCCCCCCC.O=C(O)C=CC(=O)O. The fraction of sp³-hybridized carbons (Fsp3) is 0.714. The molecule has 0 radical (unpaired) electrons. The molecule has 0 aromatic carbocycles. The summed E-state index contributed by atoms with van der Waals surface area (Å²) in [5, 5.41) is 15.6. The Kier molecular flexibility index (Phi) is 16.6. The molecule has 0 heterocycles. The predicted molar refractivity (Wildman–Crippen MR) is 72.7 cm³/mol. The fourth-order valence-electron chi connectivity index (χ4n) is 1.35. The highest BCUT2D eigenvalue weighted by Gasteiger charge is 1.88. The van der Waals surface area contributed by atoms with Gasteiger partial charge in [-0.2, -0.15) is 0 Å². The van der Waals surface area contributed by atoms with Gasteiger partial charge in [0.15, 0.2) is 0 Å². The van der Waals surface area contributed by atoms with E-state index in [1.807, 2.05) is 0 Å². The molecule has 4 nitrogen and oxygen atoms in total. The van der Waals surface area contributed by atoms with Gasteiger partial charge in [0, 0.05) is 12.2 Å². The van der Waals surface area contributed by atoms with Crippen molar-refractivity contribution >= 4 is 11.9 Å². The van der Waals surface area contributed by atoms with Crippen LogP contribution < -0.4 is 0 Å². The van der Waals surface area contributed by atoms with Gasteiger partial charge in [-0.3, -0.25) is 0 Å². The summed E-state index contributed by atoms with van der Waals surface area (Å²) in [4.78, 5) is 19.1. The van der Waals surface area contributed by atoms with Crippen LogP contribution in [0.5, 0.6) is 0 Å². The second kappa shape index (κ2) is 15.7. The molecule has 0 spiro atoms. The van der Waals surface area contributed by atoms with E-state index in [4.69, 9.17) is 10.2 Å². The van der Waals surface area contributed by atoms with Crippen molar-refractivity contribution in [3.05, 3.63) is 12.2 Å². The van der Waals surface area contributed by atoms with Crippen molar-refractivity contribution in [2.24, 2.45) is 0 Å². The predicted octanol–water partition coefficient (Wildman–Crippen LogP) is 3.86. The second-order valence-electron chi connectivity index (χ2n) is 4.13. The Morgan fingerprint density at radius 1 is 0.722 bits per heavy atom. The zero-order valence-electron chi connectivity index (χ0n) is 11.5. The highest BCUT2D eigenvalue weighted by atomic mass is 16.4. The molecule has 0 unspecified atom stereocenters. The van der Waals surface area contributed by atoms with Crippen LogP contribution in [0.3, 0.4) is 0 Å². The number of unbranched alkanes of at least 4 members (excludes halogenated alkanes) is 7. The molecule has 0 fully saturated rings. The van der Waals surface area contributed by atoms with E-state index in [-0.39, 0.29) is 0 Å². The fourth-order valence-corrected chi connectivity index (χ4v) is 1.35. The molecule has 0 saturated carbocycles. The van der Waals surface area contributed by atoms with E-state index in [9.17, 15) is 9.59 Å². The highest BCUT2D eigenvalue weighted by Crippen LogP contribution is 2.07. The van der Waals surface area contributed by atoms with Crippen molar-refractivity contribution in [2.45, 2.75) is 65.2 Å². The molecule has 0 aliphatic heterocycles. The van der Waals surface area contributed by atoms with Crippen LogP contribution in [0, 0.1) is 0 Å². The third kappa shape index (κ3) is 24.1. The van der Waals surface area contributed by atoms with Gasteiger partial charge in [0.2, 0.25) is 0 Å². The molecule has 106 valence electrons. The summed E-state index contributed by atoms with van der Waals surface area (Å²) in [6, 6.07) is 0. The third-order valence-corrected chi connectivity index (χ3v) is 2.33. The Balaban J connectivity index is 0. The number of carboxylic acids is 2. The molecule has 0 atom stereocenters. The molecule has 0 aliphatic carbocycles. The Labute approximate surface area is 110 Å². The molecule has 0 aromatic rings. The van der Waals surface area contributed by atoms with Crippen LogP contribution in [0.1, 0.15) is 65.2 Å². The lowest BCUT2D eigenvalue weighted by atomic mass is 10.1. The summed E-state index contributed by atoms with van der Waals surface area (Å²) >= 11 is 0. The number of carbonyl (C=O) groups is 2. The van der Waals surface area contributed by atoms with Crippen molar-refractivity contribution in [3.8, 4) is 0 Å². The quantitative estimate of drug-likeness (QED) is 0.486. The maximum Gasteiger partial charge on any atom is 0.328 e. The van der Waals surface area contributed by atoms with Crippen LogP contribution >= 0.6 is 0 Å². The molecular weight excluding hydrogens is 232 g/mol. The lowest BCUT2D eigenvalue weighted by molar-refractivity contribution is -0.134. The largest absolute Gasteiger partial charge is 0.478 e. The minimum Gasteiger partial charge on any atom is -0.478 e. The lowest BCUT2D eigenvalue weighted by Gasteiger charge is -1.97. The topological polar surface area (TPSA) is 74.6 Å². The number of hydrogen-bond donors (Lipinski definition) is 2. The lowest BCUT2D eigenvalue weighted by Crippen LogP contribution is -1.91. The standard InChI is InChI=1S/C10H22.C4H4O4/c1-3-5-7-9-10-8-6-4-2;5-3(6)1-2-4(7)8/h3-10H2,1-2H3;1-2H,(H,5,6)(H,7,8). The first-order valence-corrected chi connectivity index (χ1v) is 6.68. The van der Waals surface area contributed by atoms with Gasteiger partial charge >= 0.3 is 11.9 Å². The maximum atomic E-state index is 9.55. The molecule has 0 rings (SSSR count). The van der Waals surface area contributed by atoms with Crippen molar-refractivity contribution in [1.29, 1.82) is 0 Å². The molecule has 2 N–H and O–H groups in total. The van der Waals surface area contributed by atoms with Gasteiger partial charge in [-0.15, -0.1) is 0 Å². The average Bonchev–Trinajstić information content (AvgIpc) is 2.32. The smallest absolute Gasteiger partial charge is 0.328 e. The van der Waals surface area contributed by atoms with Crippen molar-refractivity contribution in [1.82, 2.24) is 0 Å². The van der Waals surface area contributed by atoms with Crippen molar-refractivity contribution in [2.75, 3.05) is 0 Å². The van der Waals surface area contributed by atoms with Gasteiger partial charge in [0.25, 0.3) is 0 Å². The first-order valence-electron chi connectivity index (χ1n) is 6.68. The second-order valence-corrected chi connectivity index (χ2v) is 4.13. The van der Waals surface area contributed by atoms with Gasteiger partial charge in [0.05, 0.1) is 0 Å².